The van der Waals surface area contributed by atoms with E-state index in [-0.39, 0.29) is 5.91 Å². The summed E-state index contributed by atoms with van der Waals surface area (Å²) in [5.41, 5.74) is 3.12. The molecule has 0 radical (unpaired) electrons. The van der Waals surface area contributed by atoms with E-state index >= 15 is 0 Å². The maximum atomic E-state index is 12.1. The molecule has 1 saturated heterocycles. The maximum absolute atomic E-state index is 12.1. The molecule has 3 heterocycles. The molecule has 1 aliphatic rings. The van der Waals surface area contributed by atoms with E-state index in [1.807, 2.05) is 40.0 Å². The Hall–Kier alpha value is -2.93. The van der Waals surface area contributed by atoms with Gasteiger partial charge in [0, 0.05) is 58.2 Å². The molecule has 4 rings (SSSR count). The minimum Gasteiger partial charge on any atom is -0.497 e. The van der Waals surface area contributed by atoms with Gasteiger partial charge in [-0.2, -0.15) is 0 Å². The van der Waals surface area contributed by atoms with Crippen molar-refractivity contribution < 1.29 is 9.53 Å². The van der Waals surface area contributed by atoms with Gasteiger partial charge in [-0.25, -0.2) is 4.98 Å². The van der Waals surface area contributed by atoms with E-state index in [1.165, 1.54) is 5.56 Å². The van der Waals surface area contributed by atoms with Gasteiger partial charge in [-0.15, -0.1) is 0 Å². The molecule has 2 aromatic heterocycles. The van der Waals surface area contributed by atoms with E-state index in [4.69, 9.17) is 4.74 Å². The number of rotatable bonds is 5. The standard InChI is InChI=1S/C22H27N5O2/c1-17(28)26-10-9-25(13-18-3-5-21(29-2)6-4-18)14-19(15-26)11-20-16-27-8-7-23-22(27)12-24-20/h3-8,12,16,19H,9-11,13-15H2,1-2H3. The molecule has 0 bridgehead atoms. The Bertz CT molecular complexity index is 969. The summed E-state index contributed by atoms with van der Waals surface area (Å²) in [6, 6.07) is 8.21. The minimum atomic E-state index is 0.138. The number of hydrogen-bond donors (Lipinski definition) is 0. The van der Waals surface area contributed by atoms with Gasteiger partial charge in [0.15, 0.2) is 5.65 Å². The summed E-state index contributed by atoms with van der Waals surface area (Å²) < 4.78 is 7.25. The Kier molecular flexibility index (Phi) is 5.76. The molecule has 0 aliphatic carbocycles. The number of fused-ring (bicyclic) bond motifs is 1. The van der Waals surface area contributed by atoms with Gasteiger partial charge in [0.25, 0.3) is 0 Å². The third-order valence-electron chi connectivity index (χ3n) is 5.52. The van der Waals surface area contributed by atoms with E-state index in [1.54, 1.807) is 20.2 Å². The lowest BCUT2D eigenvalue weighted by Gasteiger charge is -2.24. The first-order valence-corrected chi connectivity index (χ1v) is 9.99. The fourth-order valence-corrected chi connectivity index (χ4v) is 4.00. The molecule has 0 N–H and O–H groups in total. The number of methoxy groups -OCH3 is 1. The van der Waals surface area contributed by atoms with Crippen molar-refractivity contribution in [3.63, 3.8) is 0 Å². The summed E-state index contributed by atoms with van der Waals surface area (Å²) in [4.78, 5) is 25.3. The summed E-state index contributed by atoms with van der Waals surface area (Å²) >= 11 is 0. The molecule has 1 aliphatic heterocycles. The van der Waals surface area contributed by atoms with Gasteiger partial charge in [0.05, 0.1) is 19.0 Å². The van der Waals surface area contributed by atoms with Gasteiger partial charge < -0.3 is 14.0 Å². The number of carbonyl (C=O) groups is 1. The number of aromatic nitrogens is 3. The molecule has 1 amide bonds. The molecule has 0 spiro atoms. The highest BCUT2D eigenvalue weighted by Gasteiger charge is 2.25. The number of ether oxygens (including phenoxy) is 1. The van der Waals surface area contributed by atoms with Crippen LogP contribution in [0.1, 0.15) is 18.2 Å². The number of benzene rings is 1. The first-order valence-electron chi connectivity index (χ1n) is 9.99. The van der Waals surface area contributed by atoms with E-state index < -0.39 is 0 Å². The van der Waals surface area contributed by atoms with Gasteiger partial charge in [0.1, 0.15) is 5.75 Å². The Balaban J connectivity index is 1.49. The third kappa shape index (κ3) is 4.74. The van der Waals surface area contributed by atoms with E-state index in [0.717, 1.165) is 56.2 Å². The van der Waals surface area contributed by atoms with Crippen molar-refractivity contribution in [1.82, 2.24) is 24.2 Å². The Morgan fingerprint density at radius 1 is 1.17 bits per heavy atom. The zero-order valence-electron chi connectivity index (χ0n) is 17.0. The Morgan fingerprint density at radius 2 is 2.00 bits per heavy atom. The third-order valence-corrected chi connectivity index (χ3v) is 5.52. The van der Waals surface area contributed by atoms with Crippen LogP contribution in [-0.2, 0) is 17.8 Å². The van der Waals surface area contributed by atoms with Crippen molar-refractivity contribution in [2.45, 2.75) is 19.9 Å². The maximum Gasteiger partial charge on any atom is 0.219 e. The number of carbonyl (C=O) groups excluding carboxylic acids is 1. The molecule has 29 heavy (non-hydrogen) atoms. The summed E-state index contributed by atoms with van der Waals surface area (Å²) in [7, 11) is 1.68. The van der Waals surface area contributed by atoms with Crippen molar-refractivity contribution in [2.75, 3.05) is 33.3 Å². The first-order chi connectivity index (χ1) is 14.1. The molecular formula is C22H27N5O2. The van der Waals surface area contributed by atoms with Crippen molar-refractivity contribution in [2.24, 2.45) is 5.92 Å². The average Bonchev–Trinajstić information content (AvgIpc) is 3.09. The molecule has 0 saturated carbocycles. The summed E-state index contributed by atoms with van der Waals surface area (Å²) in [5, 5.41) is 0. The van der Waals surface area contributed by atoms with Crippen LogP contribution in [-0.4, -0.2) is 63.4 Å². The highest BCUT2D eigenvalue weighted by atomic mass is 16.5. The largest absolute Gasteiger partial charge is 0.497 e. The predicted molar refractivity (Wildman–Crippen MR) is 111 cm³/mol. The van der Waals surface area contributed by atoms with Gasteiger partial charge in [0.2, 0.25) is 5.91 Å². The fraction of sp³-hybridized carbons (Fsp3) is 0.409. The fourth-order valence-electron chi connectivity index (χ4n) is 4.00. The normalized spacial score (nSPS) is 18.0. The Morgan fingerprint density at radius 3 is 2.76 bits per heavy atom. The van der Waals surface area contributed by atoms with E-state index in [2.05, 4.69) is 27.0 Å². The smallest absolute Gasteiger partial charge is 0.219 e. The molecule has 7 nitrogen and oxygen atoms in total. The van der Waals surface area contributed by atoms with Crippen LogP contribution in [0.3, 0.4) is 0 Å². The predicted octanol–water partition coefficient (Wildman–Crippen LogP) is 2.26. The number of amides is 1. The van der Waals surface area contributed by atoms with E-state index in [0.29, 0.717) is 5.92 Å². The van der Waals surface area contributed by atoms with Crippen molar-refractivity contribution in [1.29, 1.82) is 0 Å². The average molecular weight is 393 g/mol. The van der Waals surface area contributed by atoms with Crippen molar-refractivity contribution >= 4 is 11.6 Å². The number of imidazole rings is 1. The highest BCUT2D eigenvalue weighted by Crippen LogP contribution is 2.18. The van der Waals surface area contributed by atoms with Crippen LogP contribution >= 0.6 is 0 Å². The lowest BCUT2D eigenvalue weighted by atomic mass is 10.0. The van der Waals surface area contributed by atoms with Crippen LogP contribution in [0.4, 0.5) is 0 Å². The lowest BCUT2D eigenvalue weighted by molar-refractivity contribution is -0.129. The Labute approximate surface area is 170 Å². The number of nitrogens with zero attached hydrogens (tertiary/aromatic N) is 5. The monoisotopic (exact) mass is 393 g/mol. The molecule has 152 valence electrons. The van der Waals surface area contributed by atoms with Crippen LogP contribution in [0, 0.1) is 5.92 Å². The SMILES string of the molecule is COc1ccc(CN2CCN(C(C)=O)CC(Cc3cn4ccnc4cn3)C2)cc1. The van der Waals surface area contributed by atoms with E-state index in [9.17, 15) is 4.79 Å². The van der Waals surface area contributed by atoms with Crippen LogP contribution in [0.15, 0.2) is 49.1 Å². The molecule has 1 fully saturated rings. The zero-order valence-corrected chi connectivity index (χ0v) is 17.0. The molecule has 1 unspecified atom stereocenters. The van der Waals surface area contributed by atoms with Gasteiger partial charge in [-0.3, -0.25) is 14.7 Å². The van der Waals surface area contributed by atoms with Crippen LogP contribution < -0.4 is 4.74 Å². The highest BCUT2D eigenvalue weighted by molar-refractivity contribution is 5.73. The number of hydrogen-bond acceptors (Lipinski definition) is 5. The second-order valence-electron chi connectivity index (χ2n) is 7.69. The summed E-state index contributed by atoms with van der Waals surface area (Å²) in [6.07, 6.45) is 8.39. The molecule has 1 aromatic carbocycles. The summed E-state index contributed by atoms with van der Waals surface area (Å²) in [5.74, 6) is 1.33. The minimum absolute atomic E-state index is 0.138. The van der Waals surface area contributed by atoms with Crippen LogP contribution in [0.5, 0.6) is 5.75 Å². The first kappa shape index (κ1) is 19.4. The van der Waals surface area contributed by atoms with Crippen molar-refractivity contribution in [3.8, 4) is 5.75 Å². The second-order valence-corrected chi connectivity index (χ2v) is 7.69. The molecular weight excluding hydrogens is 366 g/mol. The van der Waals surface area contributed by atoms with Crippen LogP contribution in [0.2, 0.25) is 0 Å². The van der Waals surface area contributed by atoms with Gasteiger partial charge in [-0.1, -0.05) is 12.1 Å². The molecule has 3 aromatic rings. The molecule has 1 atom stereocenters. The second kappa shape index (κ2) is 8.61. The molecule has 7 heteroatoms. The summed E-state index contributed by atoms with van der Waals surface area (Å²) in [6.45, 7) is 5.84. The van der Waals surface area contributed by atoms with Gasteiger partial charge in [-0.05, 0) is 30.0 Å². The zero-order chi connectivity index (χ0) is 20.2. The lowest BCUT2D eigenvalue weighted by Crippen LogP contribution is -2.34. The quantitative estimate of drug-likeness (QED) is 0.665. The van der Waals surface area contributed by atoms with Gasteiger partial charge >= 0.3 is 0 Å². The topological polar surface area (TPSA) is 63.0 Å². The van der Waals surface area contributed by atoms with Crippen molar-refractivity contribution in [3.05, 3.63) is 60.3 Å². The van der Waals surface area contributed by atoms with Crippen LogP contribution in [0.25, 0.3) is 5.65 Å².